The van der Waals surface area contributed by atoms with Crippen molar-refractivity contribution in [3.8, 4) is 0 Å². The van der Waals surface area contributed by atoms with E-state index in [-0.39, 0.29) is 16.9 Å². The van der Waals surface area contributed by atoms with Gasteiger partial charge in [0.1, 0.15) is 6.17 Å². The summed E-state index contributed by atoms with van der Waals surface area (Å²) in [4.78, 5) is 0. The monoisotopic (exact) mass is 292 g/mol. The largest absolute Gasteiger partial charge is 0.393 e. The Morgan fingerprint density at radius 3 is 2.71 bits per heavy atom. The maximum atomic E-state index is 14.4. The minimum absolute atomic E-state index is 0.0446. The highest BCUT2D eigenvalue weighted by atomic mass is 19.1. The predicted octanol–water partition coefficient (Wildman–Crippen LogP) is 4.65. The van der Waals surface area contributed by atoms with Gasteiger partial charge in [-0.15, -0.1) is 0 Å². The summed E-state index contributed by atoms with van der Waals surface area (Å²) < 4.78 is 14.4. The van der Waals surface area contributed by atoms with Gasteiger partial charge in [-0.2, -0.15) is 0 Å². The molecular weight excluding hydrogens is 263 g/mol. The zero-order chi connectivity index (χ0) is 14.8. The Morgan fingerprint density at radius 2 is 1.90 bits per heavy atom. The van der Waals surface area contributed by atoms with Crippen LogP contribution in [-0.2, 0) is 0 Å². The van der Waals surface area contributed by atoms with E-state index in [4.69, 9.17) is 0 Å². The second kappa shape index (κ2) is 4.57. The molecule has 21 heavy (non-hydrogen) atoms. The van der Waals surface area contributed by atoms with Crippen molar-refractivity contribution in [2.24, 2.45) is 28.6 Å². The summed E-state index contributed by atoms with van der Waals surface area (Å²) in [6, 6.07) is 0. The minimum atomic E-state index is -0.574. The van der Waals surface area contributed by atoms with Crippen LogP contribution in [0, 0.1) is 28.6 Å². The molecule has 0 aromatic heterocycles. The van der Waals surface area contributed by atoms with Crippen LogP contribution >= 0.6 is 0 Å². The fraction of sp³-hybridized carbons (Fsp3) is 0.895. The molecule has 0 amide bonds. The zero-order valence-electron chi connectivity index (χ0n) is 13.4. The van der Waals surface area contributed by atoms with Gasteiger partial charge in [0, 0.05) is 5.41 Å². The Labute approximate surface area is 128 Å². The summed E-state index contributed by atoms with van der Waals surface area (Å²) in [5.41, 5.74) is 1.76. The quantitative estimate of drug-likeness (QED) is 0.644. The molecule has 2 heteroatoms. The van der Waals surface area contributed by atoms with Crippen LogP contribution in [0.1, 0.15) is 65.2 Å². The molecule has 0 saturated heterocycles. The molecule has 0 heterocycles. The third kappa shape index (κ3) is 1.84. The third-order valence-electron chi connectivity index (χ3n) is 7.96. The predicted molar refractivity (Wildman–Crippen MR) is 82.6 cm³/mol. The molecular formula is C19H29FO. The van der Waals surface area contributed by atoms with Gasteiger partial charge in [-0.3, -0.25) is 0 Å². The normalized spacial score (nSPS) is 56.2. The Kier molecular flexibility index (Phi) is 3.10. The van der Waals surface area contributed by atoms with Crippen LogP contribution in [0.25, 0.3) is 0 Å². The van der Waals surface area contributed by atoms with Crippen molar-refractivity contribution in [3.05, 3.63) is 11.6 Å². The Bertz CT molecular complexity index is 472. The van der Waals surface area contributed by atoms with Crippen LogP contribution < -0.4 is 0 Å². The maximum absolute atomic E-state index is 14.4. The highest BCUT2D eigenvalue weighted by Gasteiger charge is 2.58. The van der Waals surface area contributed by atoms with E-state index in [2.05, 4.69) is 19.9 Å². The SMILES string of the molecule is C[C@]12CCC(O)CC1=CC[C@@H]1[C@H]2CC[C@]2(C)C(F)CC[C@@H]12. The molecule has 0 bridgehead atoms. The summed E-state index contributed by atoms with van der Waals surface area (Å²) in [6.07, 6.45) is 9.98. The average Bonchev–Trinajstić information content (AvgIpc) is 2.76. The number of allylic oxidation sites excluding steroid dienone is 1. The van der Waals surface area contributed by atoms with Gasteiger partial charge in [0.15, 0.2) is 0 Å². The molecule has 2 unspecified atom stereocenters. The first kappa shape index (κ1) is 14.2. The lowest BCUT2D eigenvalue weighted by molar-refractivity contribution is -0.0544. The van der Waals surface area contributed by atoms with Crippen molar-refractivity contribution in [1.82, 2.24) is 0 Å². The molecule has 0 aromatic carbocycles. The first-order valence-corrected chi connectivity index (χ1v) is 8.97. The number of aliphatic hydroxyl groups is 1. The van der Waals surface area contributed by atoms with Crippen LogP contribution in [0.3, 0.4) is 0 Å². The van der Waals surface area contributed by atoms with Crippen molar-refractivity contribution >= 4 is 0 Å². The van der Waals surface area contributed by atoms with Crippen molar-refractivity contribution < 1.29 is 9.50 Å². The van der Waals surface area contributed by atoms with Crippen molar-refractivity contribution in [2.45, 2.75) is 77.5 Å². The number of rotatable bonds is 0. The molecule has 118 valence electrons. The molecule has 7 atom stereocenters. The summed E-state index contributed by atoms with van der Waals surface area (Å²) >= 11 is 0. The summed E-state index contributed by atoms with van der Waals surface area (Å²) in [5, 5.41) is 9.99. The molecule has 1 N–H and O–H groups in total. The average molecular weight is 292 g/mol. The standard InChI is InChI=1S/C19H29FO/c1-18-9-7-13(21)11-12(18)3-4-14-15-5-6-17(20)19(15,2)10-8-16(14)18/h3,13-17,21H,4-11H2,1-2H3/t13?,14-,15-,16+,17?,18-,19-/m0/s1. The van der Waals surface area contributed by atoms with E-state index < -0.39 is 6.17 Å². The zero-order valence-corrected chi connectivity index (χ0v) is 13.4. The van der Waals surface area contributed by atoms with Gasteiger partial charge in [0.25, 0.3) is 0 Å². The molecule has 0 aromatic rings. The highest BCUT2D eigenvalue weighted by Crippen LogP contribution is 2.65. The topological polar surface area (TPSA) is 20.2 Å². The van der Waals surface area contributed by atoms with Gasteiger partial charge in [0.2, 0.25) is 0 Å². The van der Waals surface area contributed by atoms with Crippen molar-refractivity contribution in [3.63, 3.8) is 0 Å². The van der Waals surface area contributed by atoms with Crippen LogP contribution in [0.4, 0.5) is 4.39 Å². The van der Waals surface area contributed by atoms with E-state index in [0.717, 1.165) is 50.9 Å². The Balaban J connectivity index is 1.68. The van der Waals surface area contributed by atoms with Crippen LogP contribution in [0.15, 0.2) is 11.6 Å². The molecule has 4 aliphatic rings. The Morgan fingerprint density at radius 1 is 1.10 bits per heavy atom. The second-order valence-electron chi connectivity index (χ2n) is 8.75. The first-order chi connectivity index (χ1) is 9.95. The molecule has 4 aliphatic carbocycles. The number of alkyl halides is 1. The number of halogens is 1. The summed E-state index contributed by atoms with van der Waals surface area (Å²) in [7, 11) is 0. The Hall–Kier alpha value is -0.370. The van der Waals surface area contributed by atoms with Crippen LogP contribution in [-0.4, -0.2) is 17.4 Å². The first-order valence-electron chi connectivity index (χ1n) is 8.97. The van der Waals surface area contributed by atoms with E-state index in [1.807, 2.05) is 0 Å². The van der Waals surface area contributed by atoms with Crippen LogP contribution in [0.5, 0.6) is 0 Å². The molecule has 1 nitrogen and oxygen atoms in total. The molecule has 3 fully saturated rings. The van der Waals surface area contributed by atoms with E-state index >= 15 is 0 Å². The van der Waals surface area contributed by atoms with Gasteiger partial charge in [-0.25, -0.2) is 4.39 Å². The van der Waals surface area contributed by atoms with E-state index in [1.54, 1.807) is 0 Å². The van der Waals surface area contributed by atoms with Gasteiger partial charge in [0.05, 0.1) is 6.10 Å². The molecule has 3 saturated carbocycles. The van der Waals surface area contributed by atoms with E-state index in [1.165, 1.54) is 12.0 Å². The lowest BCUT2D eigenvalue weighted by atomic mass is 9.48. The summed E-state index contributed by atoms with van der Waals surface area (Å²) in [5.74, 6) is 2.01. The number of hydrogen-bond donors (Lipinski definition) is 1. The fourth-order valence-electron chi connectivity index (χ4n) is 6.58. The van der Waals surface area contributed by atoms with E-state index in [0.29, 0.717) is 11.8 Å². The maximum Gasteiger partial charge on any atom is 0.106 e. The molecule has 0 aliphatic heterocycles. The highest BCUT2D eigenvalue weighted by molar-refractivity contribution is 5.25. The smallest absolute Gasteiger partial charge is 0.106 e. The van der Waals surface area contributed by atoms with E-state index in [9.17, 15) is 9.50 Å². The molecule has 0 radical (unpaired) electrons. The number of fused-ring (bicyclic) bond motifs is 5. The van der Waals surface area contributed by atoms with Gasteiger partial charge in [-0.05, 0) is 74.5 Å². The fourth-order valence-corrected chi connectivity index (χ4v) is 6.58. The number of hydrogen-bond acceptors (Lipinski definition) is 1. The van der Waals surface area contributed by atoms with Gasteiger partial charge < -0.3 is 5.11 Å². The third-order valence-corrected chi connectivity index (χ3v) is 7.96. The molecule has 4 rings (SSSR count). The van der Waals surface area contributed by atoms with Crippen molar-refractivity contribution in [1.29, 1.82) is 0 Å². The lowest BCUT2D eigenvalue weighted by Crippen LogP contribution is -2.50. The van der Waals surface area contributed by atoms with Gasteiger partial charge in [-0.1, -0.05) is 25.5 Å². The summed E-state index contributed by atoms with van der Waals surface area (Å²) in [6.45, 7) is 4.66. The van der Waals surface area contributed by atoms with Crippen LogP contribution in [0.2, 0.25) is 0 Å². The molecule has 0 spiro atoms. The minimum Gasteiger partial charge on any atom is -0.393 e. The van der Waals surface area contributed by atoms with Crippen molar-refractivity contribution in [2.75, 3.05) is 0 Å². The second-order valence-corrected chi connectivity index (χ2v) is 8.75. The number of aliphatic hydroxyl groups excluding tert-OH is 1. The lowest BCUT2D eigenvalue weighted by Gasteiger charge is -2.57. The van der Waals surface area contributed by atoms with Gasteiger partial charge >= 0.3 is 0 Å².